The molecule has 0 fully saturated rings. The molecule has 0 unspecified atom stereocenters. The second kappa shape index (κ2) is 22.9. The molecule has 276 valence electrons. The summed E-state index contributed by atoms with van der Waals surface area (Å²) in [6.45, 7) is 21.2. The second-order valence-corrected chi connectivity index (χ2v) is 13.2. The molecule has 0 heterocycles. The van der Waals surface area contributed by atoms with Crippen molar-refractivity contribution in [1.29, 1.82) is 0 Å². The van der Waals surface area contributed by atoms with Crippen molar-refractivity contribution in [3.63, 3.8) is 0 Å². The molecule has 0 saturated heterocycles. The number of rotatable bonds is 28. The second-order valence-electron chi connectivity index (χ2n) is 13.2. The normalized spacial score (nSPS) is 11.0. The Bertz CT molecular complexity index is 1500. The van der Waals surface area contributed by atoms with Crippen LogP contribution in [0.3, 0.4) is 0 Å². The van der Waals surface area contributed by atoms with E-state index < -0.39 is 5.54 Å². The average molecular weight is 697 g/mol. The Morgan fingerprint density at radius 1 is 0.608 bits per heavy atom. The minimum absolute atomic E-state index is 0.245. The van der Waals surface area contributed by atoms with E-state index in [0.717, 1.165) is 99.3 Å². The van der Waals surface area contributed by atoms with Gasteiger partial charge in [0.05, 0.1) is 32.1 Å². The third-order valence-electron chi connectivity index (χ3n) is 8.44. The predicted octanol–water partition coefficient (Wildman–Crippen LogP) is 11.6. The third kappa shape index (κ3) is 13.9. The van der Waals surface area contributed by atoms with Crippen LogP contribution in [0, 0.1) is 0 Å². The van der Waals surface area contributed by atoms with Crippen LogP contribution >= 0.6 is 0 Å². The number of allylic oxidation sites excluding steroid dienone is 4. The van der Waals surface area contributed by atoms with E-state index in [0.29, 0.717) is 49.4 Å². The van der Waals surface area contributed by atoms with Gasteiger partial charge in [0.25, 0.3) is 0 Å². The fraction of sp³-hybridized carbons (Fsp3) is 0.432. The number of hydrogen-bond donors (Lipinski definition) is 2. The summed E-state index contributed by atoms with van der Waals surface area (Å²) in [6.07, 6.45) is 19.0. The number of fused-ring (bicyclic) bond motifs is 1. The number of para-hydroxylation sites is 1. The SMILES string of the molecule is C=CCCCCOc1ccc2ccc(OCCCCC=C)c(NC(C)(C)C(=O)Nc3c(OCCCCC=C)cccc3OCCCCC=C)c2c1. The van der Waals surface area contributed by atoms with Crippen LogP contribution in [0.25, 0.3) is 10.8 Å². The minimum Gasteiger partial charge on any atom is -0.494 e. The van der Waals surface area contributed by atoms with Crippen molar-refractivity contribution < 1.29 is 23.7 Å². The van der Waals surface area contributed by atoms with E-state index in [-0.39, 0.29) is 5.91 Å². The Labute approximate surface area is 306 Å². The van der Waals surface area contributed by atoms with Crippen molar-refractivity contribution in [2.75, 3.05) is 37.1 Å². The Morgan fingerprint density at radius 2 is 1.06 bits per heavy atom. The van der Waals surface area contributed by atoms with Crippen molar-refractivity contribution >= 4 is 28.1 Å². The highest BCUT2D eigenvalue weighted by molar-refractivity contribution is 6.05. The molecule has 2 N–H and O–H groups in total. The zero-order valence-electron chi connectivity index (χ0n) is 31.1. The van der Waals surface area contributed by atoms with Crippen LogP contribution in [-0.4, -0.2) is 37.9 Å². The zero-order valence-corrected chi connectivity index (χ0v) is 31.1. The first-order chi connectivity index (χ1) is 24.8. The molecular formula is C44H60N2O5. The van der Waals surface area contributed by atoms with E-state index >= 15 is 0 Å². The first-order valence-corrected chi connectivity index (χ1v) is 18.6. The molecule has 0 bridgehead atoms. The molecule has 0 saturated carbocycles. The predicted molar refractivity (Wildman–Crippen MR) is 215 cm³/mol. The van der Waals surface area contributed by atoms with Gasteiger partial charge in [0.15, 0.2) is 0 Å². The molecular weight excluding hydrogens is 636 g/mol. The Kier molecular flexibility index (Phi) is 18.3. The number of carbonyl (C=O) groups is 1. The van der Waals surface area contributed by atoms with E-state index in [1.54, 1.807) is 0 Å². The molecule has 7 nitrogen and oxygen atoms in total. The number of amides is 1. The van der Waals surface area contributed by atoms with Gasteiger partial charge in [0, 0.05) is 5.39 Å². The minimum atomic E-state index is -1.07. The van der Waals surface area contributed by atoms with Gasteiger partial charge in [-0.15, -0.1) is 26.3 Å². The van der Waals surface area contributed by atoms with Crippen molar-refractivity contribution in [3.8, 4) is 23.0 Å². The maximum absolute atomic E-state index is 14.3. The Morgan fingerprint density at radius 3 is 1.55 bits per heavy atom. The van der Waals surface area contributed by atoms with Gasteiger partial charge in [-0.25, -0.2) is 0 Å². The molecule has 0 spiro atoms. The molecule has 7 heteroatoms. The highest BCUT2D eigenvalue weighted by Crippen LogP contribution is 2.39. The van der Waals surface area contributed by atoms with Gasteiger partial charge in [-0.3, -0.25) is 4.79 Å². The molecule has 0 aromatic heterocycles. The van der Waals surface area contributed by atoms with Gasteiger partial charge in [0.1, 0.15) is 34.2 Å². The zero-order chi connectivity index (χ0) is 36.7. The number of nitrogens with one attached hydrogen (secondary N) is 2. The van der Waals surface area contributed by atoms with Gasteiger partial charge < -0.3 is 29.6 Å². The van der Waals surface area contributed by atoms with Crippen LogP contribution in [0.2, 0.25) is 0 Å². The van der Waals surface area contributed by atoms with Crippen molar-refractivity contribution in [1.82, 2.24) is 0 Å². The van der Waals surface area contributed by atoms with Gasteiger partial charge in [-0.2, -0.15) is 0 Å². The topological polar surface area (TPSA) is 78.1 Å². The average Bonchev–Trinajstić information content (AvgIpc) is 3.12. The van der Waals surface area contributed by atoms with Gasteiger partial charge >= 0.3 is 0 Å². The third-order valence-corrected chi connectivity index (χ3v) is 8.44. The van der Waals surface area contributed by atoms with Crippen molar-refractivity contribution in [2.45, 2.75) is 96.4 Å². The summed E-state index contributed by atoms with van der Waals surface area (Å²) in [7, 11) is 0. The number of carbonyl (C=O) groups excluding carboxylic acids is 1. The standard InChI is InChI=1S/C44H60N2O5/c1-7-11-15-19-30-48-36-28-26-35-27-29-40(51-33-22-18-14-10-4)41(37(35)34-36)46-44(5,6)43(47)45-42-38(49-31-20-16-12-8-2)24-23-25-39(42)50-32-21-17-13-9-3/h7-10,23-29,34,46H,1-4,11-22,30-33H2,5-6H3,(H,45,47). The lowest BCUT2D eigenvalue weighted by molar-refractivity contribution is -0.119. The number of benzene rings is 3. The molecule has 0 atom stereocenters. The molecule has 3 rings (SSSR count). The van der Waals surface area contributed by atoms with Gasteiger partial charge in [0.2, 0.25) is 5.91 Å². The van der Waals surface area contributed by atoms with Crippen LogP contribution in [0.1, 0.15) is 90.9 Å². The van der Waals surface area contributed by atoms with Crippen LogP contribution in [0.4, 0.5) is 11.4 Å². The highest BCUT2D eigenvalue weighted by Gasteiger charge is 2.31. The lowest BCUT2D eigenvalue weighted by Crippen LogP contribution is -2.44. The summed E-state index contributed by atoms with van der Waals surface area (Å²) in [5, 5.41) is 8.65. The number of anilines is 2. The lowest BCUT2D eigenvalue weighted by atomic mass is 10.0. The van der Waals surface area contributed by atoms with Crippen molar-refractivity contribution in [3.05, 3.63) is 99.2 Å². The summed E-state index contributed by atoms with van der Waals surface area (Å²) < 4.78 is 24.9. The lowest BCUT2D eigenvalue weighted by Gasteiger charge is -2.29. The van der Waals surface area contributed by atoms with Gasteiger partial charge in [-0.1, -0.05) is 42.5 Å². The molecule has 51 heavy (non-hydrogen) atoms. The maximum atomic E-state index is 14.3. The molecule has 0 aliphatic rings. The Balaban J connectivity index is 1.91. The summed E-state index contributed by atoms with van der Waals surface area (Å²) >= 11 is 0. The monoisotopic (exact) mass is 696 g/mol. The van der Waals surface area contributed by atoms with Crippen LogP contribution < -0.4 is 29.6 Å². The number of hydrogen-bond acceptors (Lipinski definition) is 6. The summed E-state index contributed by atoms with van der Waals surface area (Å²) in [5.41, 5.74) is 0.183. The van der Waals surface area contributed by atoms with Crippen LogP contribution in [0.5, 0.6) is 23.0 Å². The molecule has 0 radical (unpaired) electrons. The van der Waals surface area contributed by atoms with E-state index in [1.807, 2.05) is 86.7 Å². The van der Waals surface area contributed by atoms with Crippen molar-refractivity contribution in [2.24, 2.45) is 0 Å². The smallest absolute Gasteiger partial charge is 0.249 e. The van der Waals surface area contributed by atoms with Crippen LogP contribution in [-0.2, 0) is 4.79 Å². The largest absolute Gasteiger partial charge is 0.494 e. The van der Waals surface area contributed by atoms with E-state index in [2.05, 4.69) is 36.9 Å². The fourth-order valence-electron chi connectivity index (χ4n) is 5.43. The summed E-state index contributed by atoms with van der Waals surface area (Å²) in [5.74, 6) is 2.35. The van der Waals surface area contributed by atoms with Crippen LogP contribution in [0.15, 0.2) is 99.2 Å². The highest BCUT2D eigenvalue weighted by atomic mass is 16.5. The summed E-state index contributed by atoms with van der Waals surface area (Å²) in [4.78, 5) is 14.3. The number of ether oxygens (including phenoxy) is 4. The Hall–Kier alpha value is -4.65. The van der Waals surface area contributed by atoms with Gasteiger partial charge in [-0.05, 0) is 127 Å². The molecule has 0 aliphatic heterocycles. The molecule has 0 aliphatic carbocycles. The van der Waals surface area contributed by atoms with E-state index in [1.165, 1.54) is 0 Å². The number of unbranched alkanes of at least 4 members (excludes halogenated alkanes) is 8. The fourth-order valence-corrected chi connectivity index (χ4v) is 5.43. The summed E-state index contributed by atoms with van der Waals surface area (Å²) in [6, 6.07) is 15.7. The van der Waals surface area contributed by atoms with E-state index in [9.17, 15) is 4.79 Å². The van der Waals surface area contributed by atoms with E-state index in [4.69, 9.17) is 18.9 Å². The first kappa shape index (κ1) is 40.8. The molecule has 1 amide bonds. The maximum Gasteiger partial charge on any atom is 0.249 e. The molecule has 3 aromatic rings. The molecule has 3 aromatic carbocycles. The quantitative estimate of drug-likeness (QED) is 0.0581. The first-order valence-electron chi connectivity index (χ1n) is 18.6.